The van der Waals surface area contributed by atoms with E-state index in [2.05, 4.69) is 32.4 Å². The number of carbonyl (C=O) groups is 2. The Labute approximate surface area is 202 Å². The Balaban J connectivity index is 1.48. The number of nitrogens with one attached hydrogen (secondary N) is 2. The number of thiazole rings is 1. The second kappa shape index (κ2) is 10.3. The first-order chi connectivity index (χ1) is 16.3. The number of aromatic nitrogens is 3. The average molecular weight is 483 g/mol. The van der Waals surface area contributed by atoms with E-state index < -0.39 is 0 Å². The molecule has 1 saturated heterocycles. The number of hydrogen-bond acceptors (Lipinski definition) is 7. The van der Waals surface area contributed by atoms with E-state index in [9.17, 15) is 14.4 Å². The lowest BCUT2D eigenvalue weighted by atomic mass is 9.97. The minimum atomic E-state index is -0.295. The van der Waals surface area contributed by atoms with Crippen LogP contribution in [0, 0.1) is 5.92 Å². The summed E-state index contributed by atoms with van der Waals surface area (Å²) in [4.78, 5) is 49.0. The van der Waals surface area contributed by atoms with Gasteiger partial charge in [-0.1, -0.05) is 30.4 Å². The molecular weight excluding hydrogens is 452 g/mol. The van der Waals surface area contributed by atoms with Crippen LogP contribution in [-0.2, 0) is 22.6 Å². The Morgan fingerprint density at radius 1 is 1.29 bits per heavy atom. The molecule has 34 heavy (non-hydrogen) atoms. The van der Waals surface area contributed by atoms with Crippen molar-refractivity contribution in [2.45, 2.75) is 52.6 Å². The molecular formula is C24H30N6O3S. The van der Waals surface area contributed by atoms with Crippen molar-refractivity contribution >= 4 is 44.3 Å². The fraction of sp³-hybridized carbons (Fsp3) is 0.458. The van der Waals surface area contributed by atoms with E-state index in [0.29, 0.717) is 27.7 Å². The molecule has 3 heterocycles. The van der Waals surface area contributed by atoms with Gasteiger partial charge in [0.2, 0.25) is 11.8 Å². The van der Waals surface area contributed by atoms with Crippen LogP contribution in [0.5, 0.6) is 0 Å². The number of nitrogens with zero attached hydrogens (tertiary/aromatic N) is 4. The van der Waals surface area contributed by atoms with Gasteiger partial charge in [-0.05, 0) is 50.8 Å². The lowest BCUT2D eigenvalue weighted by Gasteiger charge is -2.32. The topological polar surface area (TPSA) is 109 Å². The van der Waals surface area contributed by atoms with Crippen LogP contribution in [0.3, 0.4) is 0 Å². The Kier molecular flexibility index (Phi) is 7.26. The first-order valence-electron chi connectivity index (χ1n) is 11.6. The highest BCUT2D eigenvalue weighted by atomic mass is 32.1. The first kappa shape index (κ1) is 23.9. The van der Waals surface area contributed by atoms with Gasteiger partial charge in [-0.3, -0.25) is 19.0 Å². The number of hydrogen-bond donors (Lipinski definition) is 2. The van der Waals surface area contributed by atoms with Crippen LogP contribution in [-0.4, -0.2) is 45.5 Å². The average Bonchev–Trinajstić information content (AvgIpc) is 3.26. The van der Waals surface area contributed by atoms with Crippen molar-refractivity contribution in [2.24, 2.45) is 5.92 Å². The van der Waals surface area contributed by atoms with E-state index in [1.807, 2.05) is 38.1 Å². The van der Waals surface area contributed by atoms with Gasteiger partial charge in [0.15, 0.2) is 10.8 Å². The van der Waals surface area contributed by atoms with Crippen molar-refractivity contribution in [1.29, 1.82) is 0 Å². The molecule has 0 saturated carbocycles. The molecule has 1 aliphatic heterocycles. The van der Waals surface area contributed by atoms with Gasteiger partial charge in [-0.15, -0.1) is 0 Å². The minimum absolute atomic E-state index is 0.0526. The standard InChI is InChI=1S/C24H30N6O3S/c1-4-16-7-5-9-18(11-16)27-19(31)13-30-14-25-21-20(23(30)33)34-24(28-21)29-10-6-8-17(12-29)22(32)26-15(2)3/h5,7,9,11,14-15,17H,4,6,8,10,12-13H2,1-3H3,(H,26,32)(H,27,31)/t17-/m1/s1. The molecule has 0 spiro atoms. The summed E-state index contributed by atoms with van der Waals surface area (Å²) in [6.07, 6.45) is 3.95. The maximum absolute atomic E-state index is 13.0. The zero-order chi connectivity index (χ0) is 24.2. The molecule has 2 amide bonds. The fourth-order valence-electron chi connectivity index (χ4n) is 4.07. The van der Waals surface area contributed by atoms with Crippen LogP contribution in [0.15, 0.2) is 35.4 Å². The van der Waals surface area contributed by atoms with Crippen LogP contribution < -0.4 is 21.1 Å². The lowest BCUT2D eigenvalue weighted by molar-refractivity contribution is -0.125. The zero-order valence-corrected chi connectivity index (χ0v) is 20.5. The molecule has 1 atom stereocenters. The van der Waals surface area contributed by atoms with Crippen LogP contribution in [0.25, 0.3) is 10.3 Å². The predicted octanol–water partition coefficient (Wildman–Crippen LogP) is 2.80. The van der Waals surface area contributed by atoms with Crippen LogP contribution in [0.1, 0.15) is 39.2 Å². The quantitative estimate of drug-likeness (QED) is 0.536. The van der Waals surface area contributed by atoms with Gasteiger partial charge in [-0.25, -0.2) is 4.98 Å². The number of amides is 2. The van der Waals surface area contributed by atoms with Crippen molar-refractivity contribution in [2.75, 3.05) is 23.3 Å². The molecule has 180 valence electrons. The summed E-state index contributed by atoms with van der Waals surface area (Å²) in [5.74, 6) is -0.351. The number of piperidine rings is 1. The maximum Gasteiger partial charge on any atom is 0.273 e. The number of rotatable bonds is 7. The fourth-order valence-corrected chi connectivity index (χ4v) is 5.08. The van der Waals surface area contributed by atoms with Gasteiger partial charge in [0.25, 0.3) is 5.56 Å². The third kappa shape index (κ3) is 5.44. The Bertz CT molecular complexity index is 1250. The number of carbonyl (C=O) groups excluding carboxylic acids is 2. The number of anilines is 2. The van der Waals surface area contributed by atoms with Crippen molar-refractivity contribution in [3.63, 3.8) is 0 Å². The van der Waals surface area contributed by atoms with Gasteiger partial charge in [0, 0.05) is 24.8 Å². The van der Waals surface area contributed by atoms with Gasteiger partial charge in [-0.2, -0.15) is 4.98 Å². The van der Waals surface area contributed by atoms with Crippen molar-refractivity contribution in [1.82, 2.24) is 19.9 Å². The summed E-state index contributed by atoms with van der Waals surface area (Å²) in [6, 6.07) is 7.74. The molecule has 0 radical (unpaired) electrons. The number of benzene rings is 1. The largest absolute Gasteiger partial charge is 0.354 e. The van der Waals surface area contributed by atoms with E-state index in [-0.39, 0.29) is 35.9 Å². The summed E-state index contributed by atoms with van der Waals surface area (Å²) in [6.45, 7) is 7.16. The molecule has 2 aromatic heterocycles. The molecule has 10 heteroatoms. The second-order valence-corrected chi connectivity index (χ2v) is 9.85. The second-order valence-electron chi connectivity index (χ2n) is 8.88. The Hall–Kier alpha value is -3.27. The number of fused-ring (bicyclic) bond motifs is 1. The summed E-state index contributed by atoms with van der Waals surface area (Å²) < 4.78 is 1.71. The molecule has 4 rings (SSSR count). The highest BCUT2D eigenvalue weighted by Gasteiger charge is 2.28. The van der Waals surface area contributed by atoms with E-state index in [0.717, 1.165) is 31.4 Å². The summed E-state index contributed by atoms with van der Waals surface area (Å²) in [7, 11) is 0. The Morgan fingerprint density at radius 2 is 2.12 bits per heavy atom. The first-order valence-corrected chi connectivity index (χ1v) is 12.5. The maximum atomic E-state index is 13.0. The summed E-state index contributed by atoms with van der Waals surface area (Å²) in [5.41, 5.74) is 1.90. The van der Waals surface area contributed by atoms with E-state index in [1.54, 1.807) is 0 Å². The van der Waals surface area contributed by atoms with E-state index >= 15 is 0 Å². The van der Waals surface area contributed by atoms with E-state index in [1.165, 1.54) is 22.2 Å². The number of aryl methyl sites for hydroxylation is 1. The molecule has 0 bridgehead atoms. The smallest absolute Gasteiger partial charge is 0.273 e. The molecule has 0 aliphatic carbocycles. The molecule has 1 fully saturated rings. The molecule has 3 aromatic rings. The SMILES string of the molecule is CCc1cccc(NC(=O)Cn2cnc3nc(N4CCC[C@@H](C(=O)NC(C)C)C4)sc3c2=O)c1. The predicted molar refractivity (Wildman–Crippen MR) is 134 cm³/mol. The van der Waals surface area contributed by atoms with E-state index in [4.69, 9.17) is 0 Å². The normalized spacial score (nSPS) is 16.1. The highest BCUT2D eigenvalue weighted by Crippen LogP contribution is 2.29. The lowest BCUT2D eigenvalue weighted by Crippen LogP contribution is -2.44. The van der Waals surface area contributed by atoms with Crippen molar-refractivity contribution < 1.29 is 9.59 Å². The van der Waals surface area contributed by atoms with Crippen molar-refractivity contribution in [3.8, 4) is 0 Å². The molecule has 1 aromatic carbocycles. The molecule has 2 N–H and O–H groups in total. The van der Waals surface area contributed by atoms with Crippen LogP contribution in [0.2, 0.25) is 0 Å². The van der Waals surface area contributed by atoms with Crippen LogP contribution in [0.4, 0.5) is 10.8 Å². The zero-order valence-electron chi connectivity index (χ0n) is 19.7. The third-order valence-corrected chi connectivity index (χ3v) is 6.89. The molecule has 0 unspecified atom stereocenters. The summed E-state index contributed by atoms with van der Waals surface area (Å²) >= 11 is 1.26. The highest BCUT2D eigenvalue weighted by molar-refractivity contribution is 7.22. The molecule has 1 aliphatic rings. The van der Waals surface area contributed by atoms with Gasteiger partial charge in [0.1, 0.15) is 17.6 Å². The van der Waals surface area contributed by atoms with Crippen LogP contribution >= 0.6 is 11.3 Å². The molecule has 9 nitrogen and oxygen atoms in total. The van der Waals surface area contributed by atoms with Gasteiger partial charge < -0.3 is 15.5 Å². The minimum Gasteiger partial charge on any atom is -0.354 e. The third-order valence-electron chi connectivity index (χ3n) is 5.80. The van der Waals surface area contributed by atoms with Gasteiger partial charge in [0.05, 0.1) is 5.92 Å². The summed E-state index contributed by atoms with van der Waals surface area (Å²) in [5, 5.41) is 6.51. The Morgan fingerprint density at radius 3 is 2.88 bits per heavy atom. The van der Waals surface area contributed by atoms with Crippen molar-refractivity contribution in [3.05, 3.63) is 46.5 Å². The van der Waals surface area contributed by atoms with Gasteiger partial charge >= 0.3 is 0 Å². The monoisotopic (exact) mass is 482 g/mol.